The number of aliphatic hydroxyl groups excluding tert-OH is 1. The average molecular weight is 214 g/mol. The Morgan fingerprint density at radius 3 is 2.60 bits per heavy atom. The van der Waals surface area contributed by atoms with Gasteiger partial charge in [0.2, 0.25) is 0 Å². The summed E-state index contributed by atoms with van der Waals surface area (Å²) >= 11 is 0. The molecule has 0 saturated heterocycles. The summed E-state index contributed by atoms with van der Waals surface area (Å²) in [5.74, 6) is -1.39. The number of ether oxygens (including phenoxy) is 2. The summed E-state index contributed by atoms with van der Waals surface area (Å²) in [6.07, 6.45) is 1.17. The second-order valence-electron chi connectivity index (χ2n) is 3.41. The molecular formula is C10H14O5. The molecule has 0 unspecified atom stereocenters. The highest BCUT2D eigenvalue weighted by atomic mass is 16.5. The Hall–Kier alpha value is -1.36. The molecule has 1 aliphatic carbocycles. The van der Waals surface area contributed by atoms with Crippen molar-refractivity contribution in [1.29, 1.82) is 0 Å². The molecule has 0 aromatic heterocycles. The van der Waals surface area contributed by atoms with Gasteiger partial charge in [-0.1, -0.05) is 0 Å². The van der Waals surface area contributed by atoms with E-state index in [4.69, 9.17) is 0 Å². The van der Waals surface area contributed by atoms with Gasteiger partial charge in [-0.25, -0.2) is 4.79 Å². The fraction of sp³-hybridized carbons (Fsp3) is 0.600. The molecule has 1 N–H and O–H groups in total. The number of rotatable bonds is 2. The molecule has 2 atom stereocenters. The van der Waals surface area contributed by atoms with Crippen LogP contribution in [0.3, 0.4) is 0 Å². The Labute approximate surface area is 87.7 Å². The normalized spacial score (nSPS) is 25.4. The Kier molecular flexibility index (Phi) is 3.85. The van der Waals surface area contributed by atoms with Gasteiger partial charge in [-0.2, -0.15) is 0 Å². The van der Waals surface area contributed by atoms with Crippen LogP contribution in [0.4, 0.5) is 0 Å². The summed E-state index contributed by atoms with van der Waals surface area (Å²) < 4.78 is 9.10. The minimum absolute atomic E-state index is 0.260. The average Bonchev–Trinajstić information content (AvgIpc) is 2.26. The first-order valence-electron chi connectivity index (χ1n) is 4.63. The lowest BCUT2D eigenvalue weighted by atomic mass is 9.87. The first-order chi connectivity index (χ1) is 7.08. The van der Waals surface area contributed by atoms with Crippen molar-refractivity contribution in [2.45, 2.75) is 18.9 Å². The van der Waals surface area contributed by atoms with Crippen molar-refractivity contribution in [3.63, 3.8) is 0 Å². The minimum Gasteiger partial charge on any atom is -0.469 e. The SMILES string of the molecule is COC(=O)C1=C[C@H](O)C[C@H](C(=O)OC)C1. The van der Waals surface area contributed by atoms with Crippen molar-refractivity contribution >= 4 is 11.9 Å². The molecule has 15 heavy (non-hydrogen) atoms. The fourth-order valence-corrected chi connectivity index (χ4v) is 1.64. The molecule has 1 aliphatic rings. The molecule has 0 aromatic carbocycles. The largest absolute Gasteiger partial charge is 0.469 e. The van der Waals surface area contributed by atoms with Gasteiger partial charge in [0.25, 0.3) is 0 Å². The zero-order valence-electron chi connectivity index (χ0n) is 8.73. The van der Waals surface area contributed by atoms with Crippen molar-refractivity contribution in [3.8, 4) is 0 Å². The predicted molar refractivity (Wildman–Crippen MR) is 50.8 cm³/mol. The maximum atomic E-state index is 11.3. The van der Waals surface area contributed by atoms with Crippen molar-refractivity contribution in [1.82, 2.24) is 0 Å². The van der Waals surface area contributed by atoms with Crippen molar-refractivity contribution in [2.75, 3.05) is 14.2 Å². The van der Waals surface area contributed by atoms with Crippen LogP contribution in [-0.2, 0) is 19.1 Å². The highest BCUT2D eigenvalue weighted by Gasteiger charge is 2.30. The third-order valence-corrected chi connectivity index (χ3v) is 2.37. The van der Waals surface area contributed by atoms with E-state index in [1.165, 1.54) is 20.3 Å². The van der Waals surface area contributed by atoms with Crippen LogP contribution in [0.25, 0.3) is 0 Å². The van der Waals surface area contributed by atoms with Crippen LogP contribution in [0.1, 0.15) is 12.8 Å². The number of carbonyl (C=O) groups is 2. The zero-order valence-corrected chi connectivity index (χ0v) is 8.73. The van der Waals surface area contributed by atoms with Crippen molar-refractivity contribution in [3.05, 3.63) is 11.6 Å². The lowest BCUT2D eigenvalue weighted by Crippen LogP contribution is -2.28. The van der Waals surface area contributed by atoms with E-state index in [9.17, 15) is 14.7 Å². The Morgan fingerprint density at radius 1 is 1.40 bits per heavy atom. The molecule has 0 bridgehead atoms. The molecule has 0 aliphatic heterocycles. The van der Waals surface area contributed by atoms with Gasteiger partial charge in [0.05, 0.1) is 26.2 Å². The first-order valence-corrected chi connectivity index (χ1v) is 4.63. The Morgan fingerprint density at radius 2 is 2.07 bits per heavy atom. The van der Waals surface area contributed by atoms with Gasteiger partial charge < -0.3 is 14.6 Å². The van der Waals surface area contributed by atoms with Crippen LogP contribution in [0, 0.1) is 5.92 Å². The van der Waals surface area contributed by atoms with Crippen molar-refractivity contribution < 1.29 is 24.2 Å². The standard InChI is InChI=1S/C10H14O5/c1-14-9(12)6-3-7(10(13)15-2)5-8(11)4-6/h4,7-8,11H,3,5H2,1-2H3/t7-,8+/m1/s1. The van der Waals surface area contributed by atoms with Gasteiger partial charge in [0, 0.05) is 5.57 Å². The van der Waals surface area contributed by atoms with Gasteiger partial charge in [-0.05, 0) is 18.9 Å². The molecule has 0 radical (unpaired) electrons. The molecule has 0 amide bonds. The highest BCUT2D eigenvalue weighted by molar-refractivity contribution is 5.90. The van der Waals surface area contributed by atoms with E-state index in [-0.39, 0.29) is 12.8 Å². The fourth-order valence-electron chi connectivity index (χ4n) is 1.64. The Bertz CT molecular complexity index is 294. The number of aliphatic hydroxyl groups is 1. The van der Waals surface area contributed by atoms with Crippen LogP contribution < -0.4 is 0 Å². The van der Waals surface area contributed by atoms with E-state index in [0.29, 0.717) is 5.57 Å². The topological polar surface area (TPSA) is 72.8 Å². The summed E-state index contributed by atoms with van der Waals surface area (Å²) in [5, 5.41) is 9.45. The first kappa shape index (κ1) is 11.7. The quantitative estimate of drug-likeness (QED) is 0.656. The van der Waals surface area contributed by atoms with E-state index in [0.717, 1.165) is 0 Å². The molecule has 0 fully saturated rings. The smallest absolute Gasteiger partial charge is 0.333 e. The maximum absolute atomic E-state index is 11.3. The number of methoxy groups -OCH3 is 2. The molecule has 0 spiro atoms. The van der Waals surface area contributed by atoms with Crippen molar-refractivity contribution in [2.24, 2.45) is 5.92 Å². The molecule has 0 saturated carbocycles. The minimum atomic E-state index is -0.794. The van der Waals surface area contributed by atoms with Gasteiger partial charge in [-0.3, -0.25) is 4.79 Å². The number of carbonyl (C=O) groups excluding carboxylic acids is 2. The van der Waals surface area contributed by atoms with E-state index in [1.54, 1.807) is 0 Å². The van der Waals surface area contributed by atoms with E-state index < -0.39 is 24.0 Å². The van der Waals surface area contributed by atoms with Gasteiger partial charge in [0.1, 0.15) is 0 Å². The van der Waals surface area contributed by atoms with Crippen LogP contribution in [0.2, 0.25) is 0 Å². The van der Waals surface area contributed by atoms with Gasteiger partial charge in [0.15, 0.2) is 0 Å². The molecule has 0 aromatic rings. The second kappa shape index (κ2) is 4.93. The number of hydrogen-bond acceptors (Lipinski definition) is 5. The summed E-state index contributed by atoms with van der Waals surface area (Å²) in [6, 6.07) is 0. The number of esters is 2. The monoisotopic (exact) mass is 214 g/mol. The van der Waals surface area contributed by atoms with E-state index in [2.05, 4.69) is 9.47 Å². The highest BCUT2D eigenvalue weighted by Crippen LogP contribution is 2.26. The lowest BCUT2D eigenvalue weighted by Gasteiger charge is -2.22. The molecule has 0 heterocycles. The lowest BCUT2D eigenvalue weighted by molar-refractivity contribution is -0.147. The molecule has 84 valence electrons. The molecular weight excluding hydrogens is 200 g/mol. The van der Waals surface area contributed by atoms with Crippen LogP contribution >= 0.6 is 0 Å². The van der Waals surface area contributed by atoms with Crippen LogP contribution in [-0.4, -0.2) is 37.4 Å². The summed E-state index contributed by atoms with van der Waals surface area (Å²) in [7, 11) is 2.54. The van der Waals surface area contributed by atoms with Crippen LogP contribution in [0.15, 0.2) is 11.6 Å². The van der Waals surface area contributed by atoms with E-state index in [1.807, 2.05) is 0 Å². The Balaban J connectivity index is 2.76. The van der Waals surface area contributed by atoms with Gasteiger partial charge in [-0.15, -0.1) is 0 Å². The summed E-state index contributed by atoms with van der Waals surface area (Å²) in [6.45, 7) is 0. The second-order valence-corrected chi connectivity index (χ2v) is 3.41. The summed E-state index contributed by atoms with van der Waals surface area (Å²) in [5.41, 5.74) is 0.326. The number of hydrogen-bond donors (Lipinski definition) is 1. The van der Waals surface area contributed by atoms with Crippen LogP contribution in [0.5, 0.6) is 0 Å². The van der Waals surface area contributed by atoms with Gasteiger partial charge >= 0.3 is 11.9 Å². The molecule has 5 nitrogen and oxygen atoms in total. The third kappa shape index (κ3) is 2.79. The summed E-state index contributed by atoms with van der Waals surface area (Å²) in [4.78, 5) is 22.5. The molecule has 1 rings (SSSR count). The van der Waals surface area contributed by atoms with E-state index >= 15 is 0 Å². The maximum Gasteiger partial charge on any atom is 0.333 e. The molecule has 5 heteroatoms. The predicted octanol–water partition coefficient (Wildman–Crippen LogP) is 0.0297. The zero-order chi connectivity index (χ0) is 11.4. The third-order valence-electron chi connectivity index (χ3n) is 2.37.